The van der Waals surface area contributed by atoms with Gasteiger partial charge in [0, 0.05) is 32.2 Å². The highest BCUT2D eigenvalue weighted by Crippen LogP contribution is 2.33. The van der Waals surface area contributed by atoms with Crippen LogP contribution in [0.4, 0.5) is 0 Å². The molecule has 1 aliphatic rings. The zero-order chi connectivity index (χ0) is 39.5. The number of esters is 3. The summed E-state index contributed by atoms with van der Waals surface area (Å²) >= 11 is 13.1. The molecule has 2 aromatic rings. The van der Waals surface area contributed by atoms with E-state index < -0.39 is 70.8 Å². The SMILES string of the molecule is COc1ccc(C[C@H]2NC(=O)/C=C/C[C@@H]([C@H](C)[C@@H](O)[C@@H](Cl)c3ccc(COC(C)=O)cc3)OC(=O)[C@H](CC(C)C)OC(=O)C(C)(C)CNC2=O)cc1Cl. The molecule has 14 heteroatoms. The zero-order valence-corrected chi connectivity index (χ0v) is 32.7. The average molecular weight is 778 g/mol. The summed E-state index contributed by atoms with van der Waals surface area (Å²) in [6, 6.07) is 10.8. The third-order valence-corrected chi connectivity index (χ3v) is 9.62. The molecular weight excluding hydrogens is 727 g/mol. The second-order valence-corrected chi connectivity index (χ2v) is 15.1. The molecule has 3 N–H and O–H groups in total. The van der Waals surface area contributed by atoms with Gasteiger partial charge < -0.3 is 34.7 Å². The van der Waals surface area contributed by atoms with E-state index in [1.54, 1.807) is 63.2 Å². The van der Waals surface area contributed by atoms with Crippen molar-refractivity contribution >= 4 is 52.9 Å². The van der Waals surface area contributed by atoms with Gasteiger partial charge in [0.15, 0.2) is 6.10 Å². The van der Waals surface area contributed by atoms with E-state index in [0.717, 1.165) is 5.56 Å². The highest BCUT2D eigenvalue weighted by Gasteiger charge is 2.38. The predicted molar refractivity (Wildman–Crippen MR) is 199 cm³/mol. The largest absolute Gasteiger partial charge is 0.495 e. The number of hydrogen-bond donors (Lipinski definition) is 3. The van der Waals surface area contributed by atoms with Gasteiger partial charge in [-0.25, -0.2) is 4.79 Å². The maximum atomic E-state index is 13.7. The summed E-state index contributed by atoms with van der Waals surface area (Å²) in [5.41, 5.74) is 0.673. The van der Waals surface area contributed by atoms with Gasteiger partial charge in [0.2, 0.25) is 11.8 Å². The van der Waals surface area contributed by atoms with Crippen LogP contribution >= 0.6 is 23.2 Å². The van der Waals surface area contributed by atoms with Gasteiger partial charge in [-0.15, -0.1) is 11.6 Å². The number of aliphatic hydroxyl groups is 1. The van der Waals surface area contributed by atoms with Crippen molar-refractivity contribution in [2.24, 2.45) is 17.3 Å². The van der Waals surface area contributed by atoms with E-state index in [2.05, 4.69) is 10.6 Å². The minimum absolute atomic E-state index is 0.0267. The number of aliphatic hydroxyl groups excluding tert-OH is 1. The highest BCUT2D eigenvalue weighted by atomic mass is 35.5. The van der Waals surface area contributed by atoms with Crippen molar-refractivity contribution in [2.45, 2.75) is 97.1 Å². The van der Waals surface area contributed by atoms with E-state index in [4.69, 9.17) is 42.1 Å². The Morgan fingerprint density at radius 1 is 1.04 bits per heavy atom. The molecule has 1 heterocycles. The van der Waals surface area contributed by atoms with Gasteiger partial charge in [-0.1, -0.05) is 68.8 Å². The predicted octanol–water partition coefficient (Wildman–Crippen LogP) is 5.39. The first-order valence-electron chi connectivity index (χ1n) is 17.4. The lowest BCUT2D eigenvalue weighted by molar-refractivity contribution is -0.180. The Labute approximate surface area is 320 Å². The Bertz CT molecular complexity index is 1630. The van der Waals surface area contributed by atoms with Crippen LogP contribution in [0.5, 0.6) is 5.75 Å². The molecule has 12 nitrogen and oxygen atoms in total. The molecule has 2 aromatic carbocycles. The van der Waals surface area contributed by atoms with Crippen LogP contribution < -0.4 is 15.4 Å². The van der Waals surface area contributed by atoms with Gasteiger partial charge >= 0.3 is 17.9 Å². The fraction of sp³-hybridized carbons (Fsp3) is 0.513. The molecule has 0 aliphatic carbocycles. The first-order valence-corrected chi connectivity index (χ1v) is 18.3. The Balaban J connectivity index is 1.93. The van der Waals surface area contributed by atoms with Crippen LogP contribution in [0.2, 0.25) is 5.02 Å². The number of alkyl halides is 1. The molecule has 0 spiro atoms. The second-order valence-electron chi connectivity index (χ2n) is 14.2. The molecule has 0 unspecified atom stereocenters. The maximum absolute atomic E-state index is 13.7. The number of rotatable bonds is 11. The van der Waals surface area contributed by atoms with E-state index in [0.29, 0.717) is 21.9 Å². The van der Waals surface area contributed by atoms with E-state index >= 15 is 0 Å². The number of cyclic esters (lactones) is 2. The lowest BCUT2D eigenvalue weighted by atomic mass is 9.90. The van der Waals surface area contributed by atoms with E-state index in [9.17, 15) is 29.1 Å². The third-order valence-electron chi connectivity index (χ3n) is 8.81. The van der Waals surface area contributed by atoms with Crippen LogP contribution in [0.1, 0.15) is 76.5 Å². The Kier molecular flexibility index (Phi) is 16.2. The van der Waals surface area contributed by atoms with Crippen LogP contribution in [-0.4, -0.2) is 72.8 Å². The molecule has 0 radical (unpaired) electrons. The smallest absolute Gasteiger partial charge is 0.347 e. The summed E-state index contributed by atoms with van der Waals surface area (Å²) in [5.74, 6) is -3.52. The van der Waals surface area contributed by atoms with Crippen LogP contribution in [0.15, 0.2) is 54.6 Å². The number of nitrogens with one attached hydrogen (secondary N) is 2. The van der Waals surface area contributed by atoms with Gasteiger partial charge in [-0.05, 0) is 61.1 Å². The molecule has 0 fully saturated rings. The lowest BCUT2D eigenvalue weighted by Gasteiger charge is -2.32. The van der Waals surface area contributed by atoms with Gasteiger partial charge in [-0.2, -0.15) is 0 Å². The van der Waals surface area contributed by atoms with Crippen molar-refractivity contribution in [1.82, 2.24) is 10.6 Å². The number of carbonyl (C=O) groups is 5. The Morgan fingerprint density at radius 2 is 1.70 bits per heavy atom. The first-order chi connectivity index (χ1) is 24.9. The number of carbonyl (C=O) groups excluding carboxylic acids is 5. The molecule has 2 amide bonds. The summed E-state index contributed by atoms with van der Waals surface area (Å²) in [6.45, 7) is 9.77. The number of amides is 2. The Morgan fingerprint density at radius 3 is 2.30 bits per heavy atom. The number of hydrogen-bond acceptors (Lipinski definition) is 10. The molecule has 0 saturated carbocycles. The molecule has 0 bridgehead atoms. The monoisotopic (exact) mass is 776 g/mol. The number of benzene rings is 2. The third kappa shape index (κ3) is 13.0. The van der Waals surface area contributed by atoms with E-state index in [1.807, 2.05) is 13.8 Å². The molecule has 1 aliphatic heterocycles. The van der Waals surface area contributed by atoms with Crippen molar-refractivity contribution < 1.29 is 48.0 Å². The molecule has 0 saturated heterocycles. The van der Waals surface area contributed by atoms with E-state index in [-0.39, 0.29) is 38.3 Å². The van der Waals surface area contributed by atoms with Crippen LogP contribution in [-0.2, 0) is 51.2 Å². The highest BCUT2D eigenvalue weighted by molar-refractivity contribution is 6.32. The molecule has 6 atom stereocenters. The molecule has 290 valence electrons. The summed E-state index contributed by atoms with van der Waals surface area (Å²) < 4.78 is 22.0. The fourth-order valence-electron chi connectivity index (χ4n) is 5.49. The standard InChI is InChI=1S/C39H50Cl2N2O10/c1-22(2)17-32-37(48)52-30(23(3)35(46)34(41)27-14-11-25(12-15-27)20-51-24(4)44)9-8-10-33(45)43-29(19-26-13-16-31(50-7)28(40)18-26)36(47)42-21-39(5,6)38(49)53-32/h8,10-16,18,22-23,29-30,32,34-35,46H,9,17,19-21H2,1-7H3,(H,42,47)(H,43,45)/b10-8+/t23-,29+,30-,32-,34-,35+/m0/s1. The molecular formula is C39H50Cl2N2O10. The summed E-state index contributed by atoms with van der Waals surface area (Å²) in [4.78, 5) is 65.1. The van der Waals surface area contributed by atoms with Gasteiger partial charge in [0.25, 0.3) is 0 Å². The van der Waals surface area contributed by atoms with Gasteiger partial charge in [0.1, 0.15) is 24.5 Å². The summed E-state index contributed by atoms with van der Waals surface area (Å²) in [5, 5.41) is 16.3. The van der Waals surface area contributed by atoms with E-state index in [1.165, 1.54) is 26.2 Å². The van der Waals surface area contributed by atoms with Crippen LogP contribution in [0.3, 0.4) is 0 Å². The number of halogens is 2. The minimum Gasteiger partial charge on any atom is -0.495 e. The quantitative estimate of drug-likeness (QED) is 0.153. The van der Waals surface area contributed by atoms with Crippen molar-refractivity contribution in [2.75, 3.05) is 13.7 Å². The number of ether oxygens (including phenoxy) is 4. The van der Waals surface area contributed by atoms with Crippen LogP contribution in [0.25, 0.3) is 0 Å². The molecule has 53 heavy (non-hydrogen) atoms. The summed E-state index contributed by atoms with van der Waals surface area (Å²) in [7, 11) is 1.48. The second kappa shape index (κ2) is 19.8. The fourth-order valence-corrected chi connectivity index (χ4v) is 6.14. The van der Waals surface area contributed by atoms with Gasteiger partial charge in [0.05, 0.1) is 29.0 Å². The first kappa shape index (κ1) is 43.3. The lowest BCUT2D eigenvalue weighted by Crippen LogP contribution is -2.51. The Hall–Kier alpha value is -4.13. The molecule has 0 aromatic heterocycles. The maximum Gasteiger partial charge on any atom is 0.347 e. The average Bonchev–Trinajstić information content (AvgIpc) is 3.10. The van der Waals surface area contributed by atoms with Crippen LogP contribution in [0, 0.1) is 17.3 Å². The topological polar surface area (TPSA) is 167 Å². The molecule has 3 rings (SSSR count). The number of methoxy groups -OCH3 is 1. The van der Waals surface area contributed by atoms with Crippen molar-refractivity contribution in [1.29, 1.82) is 0 Å². The minimum atomic E-state index is -1.28. The van der Waals surface area contributed by atoms with Crippen molar-refractivity contribution in [3.8, 4) is 5.75 Å². The normalized spacial score (nSPS) is 22.4. The van der Waals surface area contributed by atoms with Crippen molar-refractivity contribution in [3.63, 3.8) is 0 Å². The van der Waals surface area contributed by atoms with Gasteiger partial charge in [-0.3, -0.25) is 19.2 Å². The zero-order valence-electron chi connectivity index (χ0n) is 31.2. The van der Waals surface area contributed by atoms with Crippen molar-refractivity contribution in [3.05, 3.63) is 76.3 Å². The summed E-state index contributed by atoms with van der Waals surface area (Å²) in [6.07, 6.45) is -0.642.